The van der Waals surface area contributed by atoms with Crippen LogP contribution in [0.25, 0.3) is 11.1 Å². The summed E-state index contributed by atoms with van der Waals surface area (Å²) in [6, 6.07) is 23.4. The third-order valence-corrected chi connectivity index (χ3v) is 7.63. The predicted molar refractivity (Wildman–Crippen MR) is 145 cm³/mol. The number of carbonyl (C=O) groups is 3. The molecule has 3 aromatic rings. The Bertz CT molecular complexity index is 1390. The fourth-order valence-electron chi connectivity index (χ4n) is 5.45. The van der Waals surface area contributed by atoms with Gasteiger partial charge in [0.2, 0.25) is 5.91 Å². The average molecular weight is 565 g/mol. The van der Waals surface area contributed by atoms with E-state index in [1.165, 1.54) is 6.92 Å². The molecule has 0 radical (unpaired) electrons. The zero-order valence-corrected chi connectivity index (χ0v) is 22.3. The van der Waals surface area contributed by atoms with Gasteiger partial charge in [0, 0.05) is 12.5 Å². The number of carboxylic acid groups (broad SMARTS) is 1. The Morgan fingerprint density at radius 2 is 1.56 bits per heavy atom. The minimum Gasteiger partial charge on any atom is -0.481 e. The maximum absolute atomic E-state index is 14.4. The van der Waals surface area contributed by atoms with Crippen LogP contribution in [0.1, 0.15) is 29.5 Å². The van der Waals surface area contributed by atoms with Crippen LogP contribution >= 0.6 is 0 Å². The lowest BCUT2D eigenvalue weighted by Crippen LogP contribution is -2.54. The van der Waals surface area contributed by atoms with Crippen molar-refractivity contribution in [2.45, 2.75) is 37.5 Å². The summed E-state index contributed by atoms with van der Waals surface area (Å²) in [4.78, 5) is 38.6. The van der Waals surface area contributed by atoms with Crippen LogP contribution in [-0.2, 0) is 25.7 Å². The molecule has 1 heterocycles. The minimum atomic E-state index is -3.61. The van der Waals surface area contributed by atoms with E-state index in [-0.39, 0.29) is 19.1 Å². The first-order valence-corrected chi connectivity index (χ1v) is 13.3. The van der Waals surface area contributed by atoms with Crippen molar-refractivity contribution < 1.29 is 37.7 Å². The minimum absolute atomic E-state index is 0.0110. The Labute approximate surface area is 235 Å². The second kappa shape index (κ2) is 11.7. The number of hydrogen-bond donors (Lipinski definition) is 2. The van der Waals surface area contributed by atoms with Gasteiger partial charge in [0.25, 0.3) is 5.92 Å². The number of alkyl carbamates (subject to hydrolysis) is 1. The molecule has 3 atom stereocenters. The SMILES string of the molecule is CC(OCc1ccccc1)C(NC(=O)OCC1c2ccccc2-c2ccccc21)C(=O)N1CC(C(=O)O)C(F)(F)C1. The maximum atomic E-state index is 14.4. The van der Waals surface area contributed by atoms with Gasteiger partial charge in [0.1, 0.15) is 18.6 Å². The molecule has 10 heteroatoms. The Morgan fingerprint density at radius 1 is 0.976 bits per heavy atom. The van der Waals surface area contributed by atoms with Gasteiger partial charge in [-0.25, -0.2) is 13.6 Å². The number of hydrogen-bond acceptors (Lipinski definition) is 5. The van der Waals surface area contributed by atoms with Crippen LogP contribution in [0.2, 0.25) is 0 Å². The van der Waals surface area contributed by atoms with Crippen molar-refractivity contribution in [2.75, 3.05) is 19.7 Å². The van der Waals surface area contributed by atoms with Gasteiger partial charge in [-0.05, 0) is 34.7 Å². The summed E-state index contributed by atoms with van der Waals surface area (Å²) in [5.74, 6) is -8.43. The number of nitrogens with one attached hydrogen (secondary N) is 1. The fourth-order valence-corrected chi connectivity index (χ4v) is 5.45. The van der Waals surface area contributed by atoms with E-state index >= 15 is 0 Å². The standard InChI is InChI=1S/C31H30F2N2O6/c1-19(40-16-20-9-3-2-4-10-20)27(28(36)35-15-26(29(37)38)31(32,33)18-35)34-30(39)41-17-25-23-13-7-5-11-21(23)22-12-6-8-14-24(22)25/h2-14,19,25-27H,15-18H2,1H3,(H,34,39)(H,37,38). The van der Waals surface area contributed by atoms with Gasteiger partial charge in [-0.15, -0.1) is 0 Å². The molecule has 2 aliphatic rings. The lowest BCUT2D eigenvalue weighted by atomic mass is 9.98. The first-order chi connectivity index (χ1) is 19.7. The topological polar surface area (TPSA) is 105 Å². The summed E-state index contributed by atoms with van der Waals surface area (Å²) in [7, 11) is 0. The third-order valence-electron chi connectivity index (χ3n) is 7.63. The maximum Gasteiger partial charge on any atom is 0.407 e. The van der Waals surface area contributed by atoms with Crippen LogP contribution in [0.5, 0.6) is 0 Å². The van der Waals surface area contributed by atoms with E-state index in [2.05, 4.69) is 5.32 Å². The van der Waals surface area contributed by atoms with Crippen LogP contribution < -0.4 is 5.32 Å². The highest BCUT2D eigenvalue weighted by molar-refractivity contribution is 5.87. The number of likely N-dealkylation sites (tertiary alicyclic amines) is 1. The molecule has 1 aliphatic heterocycles. The molecule has 214 valence electrons. The summed E-state index contributed by atoms with van der Waals surface area (Å²) < 4.78 is 40.2. The Kier molecular flexibility index (Phi) is 8.03. The molecule has 3 unspecified atom stereocenters. The molecule has 0 spiro atoms. The largest absolute Gasteiger partial charge is 0.481 e. The molecule has 41 heavy (non-hydrogen) atoms. The third kappa shape index (κ3) is 5.92. The number of halogens is 2. The zero-order valence-electron chi connectivity index (χ0n) is 22.3. The second-order valence-corrected chi connectivity index (χ2v) is 10.3. The average Bonchev–Trinajstić information content (AvgIpc) is 3.47. The molecule has 0 saturated carbocycles. The van der Waals surface area contributed by atoms with Crippen molar-refractivity contribution >= 4 is 18.0 Å². The number of ether oxygens (including phenoxy) is 2. The summed E-state index contributed by atoms with van der Waals surface area (Å²) in [5.41, 5.74) is 4.93. The van der Waals surface area contributed by atoms with E-state index < -0.39 is 55.0 Å². The molecule has 1 saturated heterocycles. The fraction of sp³-hybridized carbons (Fsp3) is 0.323. The van der Waals surface area contributed by atoms with Gasteiger partial charge in [0.05, 0.1) is 19.3 Å². The lowest BCUT2D eigenvalue weighted by molar-refractivity contribution is -0.151. The quantitative estimate of drug-likeness (QED) is 0.391. The molecule has 5 rings (SSSR count). The molecule has 1 fully saturated rings. The first-order valence-electron chi connectivity index (χ1n) is 13.3. The molecule has 0 bridgehead atoms. The molecular weight excluding hydrogens is 534 g/mol. The monoisotopic (exact) mass is 564 g/mol. The highest BCUT2D eigenvalue weighted by Gasteiger charge is 2.54. The van der Waals surface area contributed by atoms with Crippen molar-refractivity contribution in [2.24, 2.45) is 5.92 Å². The number of alkyl halides is 2. The molecular formula is C31H30F2N2O6. The highest BCUT2D eigenvalue weighted by Crippen LogP contribution is 2.44. The number of benzene rings is 3. The van der Waals surface area contributed by atoms with Gasteiger partial charge < -0.3 is 24.8 Å². The van der Waals surface area contributed by atoms with Gasteiger partial charge in [-0.1, -0.05) is 78.9 Å². The summed E-state index contributed by atoms with van der Waals surface area (Å²) in [5, 5.41) is 11.7. The van der Waals surface area contributed by atoms with E-state index in [0.717, 1.165) is 32.7 Å². The van der Waals surface area contributed by atoms with Crippen molar-refractivity contribution in [1.82, 2.24) is 10.2 Å². The molecule has 2 N–H and O–H groups in total. The first kappa shape index (κ1) is 28.2. The Hall–Kier alpha value is -4.31. The van der Waals surface area contributed by atoms with E-state index in [4.69, 9.17) is 9.47 Å². The summed E-state index contributed by atoms with van der Waals surface area (Å²) in [6.45, 7) is -0.125. The van der Waals surface area contributed by atoms with Crippen LogP contribution in [0.3, 0.4) is 0 Å². The molecule has 8 nitrogen and oxygen atoms in total. The number of carbonyl (C=O) groups excluding carboxylic acids is 2. The Balaban J connectivity index is 1.30. The molecule has 3 aromatic carbocycles. The predicted octanol–water partition coefficient (Wildman–Crippen LogP) is 4.68. The van der Waals surface area contributed by atoms with Crippen LogP contribution in [0.4, 0.5) is 13.6 Å². The van der Waals surface area contributed by atoms with Gasteiger partial charge in [-0.3, -0.25) is 9.59 Å². The number of carboxylic acids is 1. The van der Waals surface area contributed by atoms with E-state index in [1.807, 2.05) is 78.9 Å². The Morgan fingerprint density at radius 3 is 2.15 bits per heavy atom. The molecule has 1 aliphatic carbocycles. The number of fused-ring (bicyclic) bond motifs is 3. The lowest BCUT2D eigenvalue weighted by Gasteiger charge is -2.28. The van der Waals surface area contributed by atoms with Gasteiger partial charge in [-0.2, -0.15) is 0 Å². The van der Waals surface area contributed by atoms with Crippen molar-refractivity contribution in [1.29, 1.82) is 0 Å². The van der Waals surface area contributed by atoms with Crippen LogP contribution in [0, 0.1) is 5.92 Å². The number of nitrogens with zero attached hydrogens (tertiary/aromatic N) is 1. The number of rotatable bonds is 9. The van der Waals surface area contributed by atoms with E-state index in [0.29, 0.717) is 0 Å². The van der Waals surface area contributed by atoms with Crippen molar-refractivity contribution in [3.8, 4) is 11.1 Å². The number of amides is 2. The molecule has 0 aromatic heterocycles. The smallest absolute Gasteiger partial charge is 0.407 e. The zero-order chi connectivity index (χ0) is 29.1. The van der Waals surface area contributed by atoms with Crippen molar-refractivity contribution in [3.63, 3.8) is 0 Å². The van der Waals surface area contributed by atoms with Crippen LogP contribution in [-0.4, -0.2) is 65.7 Å². The summed E-state index contributed by atoms with van der Waals surface area (Å²) in [6.07, 6.45) is -1.86. The van der Waals surface area contributed by atoms with Crippen molar-refractivity contribution in [3.05, 3.63) is 95.6 Å². The highest BCUT2D eigenvalue weighted by atomic mass is 19.3. The molecule has 2 amide bonds. The van der Waals surface area contributed by atoms with Gasteiger partial charge >= 0.3 is 12.1 Å². The number of aliphatic carboxylic acids is 1. The van der Waals surface area contributed by atoms with Crippen LogP contribution in [0.15, 0.2) is 78.9 Å². The van der Waals surface area contributed by atoms with Gasteiger partial charge in [0.15, 0.2) is 0 Å². The van der Waals surface area contributed by atoms with E-state index in [9.17, 15) is 28.3 Å². The second-order valence-electron chi connectivity index (χ2n) is 10.3. The van der Waals surface area contributed by atoms with E-state index in [1.54, 1.807) is 0 Å². The summed E-state index contributed by atoms with van der Waals surface area (Å²) >= 11 is 0. The normalized spacial score (nSPS) is 18.7.